The van der Waals surface area contributed by atoms with E-state index in [1.54, 1.807) is 12.5 Å². The Hall–Kier alpha value is -3.08. The Kier molecular flexibility index (Phi) is 5.19. The first kappa shape index (κ1) is 17.3. The molecule has 27 heavy (non-hydrogen) atoms. The molecular formula is C22H24N4O. The van der Waals surface area contributed by atoms with E-state index in [9.17, 15) is 4.79 Å². The van der Waals surface area contributed by atoms with E-state index in [1.165, 1.54) is 16.8 Å². The highest BCUT2D eigenvalue weighted by molar-refractivity contribution is 5.94. The number of amides is 1. The Labute approximate surface area is 159 Å². The number of imidazole rings is 1. The number of carbonyl (C=O) groups excluding carboxylic acids is 1. The number of rotatable bonds is 7. The lowest BCUT2D eigenvalue weighted by molar-refractivity contribution is 0.0952. The van der Waals surface area contributed by atoms with Crippen molar-refractivity contribution in [1.82, 2.24) is 14.9 Å². The van der Waals surface area contributed by atoms with Crippen molar-refractivity contribution in [1.29, 1.82) is 0 Å². The Balaban J connectivity index is 1.28. The Morgan fingerprint density at radius 3 is 2.78 bits per heavy atom. The number of carbonyl (C=O) groups is 1. The van der Waals surface area contributed by atoms with E-state index in [0.29, 0.717) is 12.1 Å². The lowest BCUT2D eigenvalue weighted by Gasteiger charge is -2.19. The summed E-state index contributed by atoms with van der Waals surface area (Å²) in [5.74, 6) is -0.0151. The molecule has 1 amide bonds. The van der Waals surface area contributed by atoms with Crippen LogP contribution in [0.2, 0.25) is 0 Å². The van der Waals surface area contributed by atoms with E-state index >= 15 is 0 Å². The van der Waals surface area contributed by atoms with E-state index in [2.05, 4.69) is 51.6 Å². The van der Waals surface area contributed by atoms with Gasteiger partial charge in [-0.2, -0.15) is 0 Å². The number of anilines is 1. The molecule has 0 bridgehead atoms. The largest absolute Gasteiger partial charge is 0.367 e. The lowest BCUT2D eigenvalue weighted by atomic mass is 10.1. The van der Waals surface area contributed by atoms with Gasteiger partial charge in [-0.15, -0.1) is 0 Å². The quantitative estimate of drug-likeness (QED) is 0.658. The van der Waals surface area contributed by atoms with Crippen LogP contribution in [0.4, 0.5) is 5.69 Å². The molecule has 0 saturated heterocycles. The van der Waals surface area contributed by atoms with Gasteiger partial charge in [0.25, 0.3) is 5.91 Å². The number of fused-ring (bicyclic) bond motifs is 1. The molecule has 1 aliphatic rings. The third-order valence-corrected chi connectivity index (χ3v) is 5.01. The first-order valence-electron chi connectivity index (χ1n) is 9.45. The van der Waals surface area contributed by atoms with Crippen LogP contribution in [0.25, 0.3) is 0 Å². The number of benzene rings is 2. The van der Waals surface area contributed by atoms with Crippen molar-refractivity contribution in [3.8, 4) is 0 Å². The van der Waals surface area contributed by atoms with Gasteiger partial charge in [0, 0.05) is 49.8 Å². The standard InChI is InChI=1S/C22H24N4O/c27-22(24-11-3-13-25-15-12-23-17-25)20-8-6-18(7-9-20)16-26-14-10-19-4-1-2-5-21(19)26/h1-2,4-9,12,15,17H,3,10-11,13-14,16H2,(H,24,27). The predicted molar refractivity (Wildman–Crippen MR) is 107 cm³/mol. The second-order valence-corrected chi connectivity index (χ2v) is 6.91. The first-order chi connectivity index (χ1) is 13.3. The van der Waals surface area contributed by atoms with Gasteiger partial charge in [0.15, 0.2) is 0 Å². The van der Waals surface area contributed by atoms with Crippen molar-refractivity contribution in [3.05, 3.63) is 83.9 Å². The first-order valence-corrected chi connectivity index (χ1v) is 9.45. The van der Waals surface area contributed by atoms with Gasteiger partial charge in [-0.25, -0.2) is 4.98 Å². The monoisotopic (exact) mass is 360 g/mol. The van der Waals surface area contributed by atoms with Crippen LogP contribution >= 0.6 is 0 Å². The lowest BCUT2D eigenvalue weighted by Crippen LogP contribution is -2.25. The van der Waals surface area contributed by atoms with E-state index in [0.717, 1.165) is 32.5 Å². The molecule has 0 atom stereocenters. The van der Waals surface area contributed by atoms with Gasteiger partial charge in [0.2, 0.25) is 0 Å². The maximum Gasteiger partial charge on any atom is 0.251 e. The van der Waals surface area contributed by atoms with Gasteiger partial charge in [-0.1, -0.05) is 30.3 Å². The third kappa shape index (κ3) is 4.19. The van der Waals surface area contributed by atoms with Crippen LogP contribution < -0.4 is 10.2 Å². The van der Waals surface area contributed by atoms with Gasteiger partial charge < -0.3 is 14.8 Å². The molecule has 0 fully saturated rings. The Bertz CT molecular complexity index is 887. The van der Waals surface area contributed by atoms with E-state index in [-0.39, 0.29) is 5.91 Å². The number of nitrogens with one attached hydrogen (secondary N) is 1. The summed E-state index contributed by atoms with van der Waals surface area (Å²) in [4.78, 5) is 18.7. The van der Waals surface area contributed by atoms with Crippen LogP contribution in [0.15, 0.2) is 67.3 Å². The summed E-state index contributed by atoms with van der Waals surface area (Å²) < 4.78 is 2.01. The van der Waals surface area contributed by atoms with Crippen molar-refractivity contribution in [2.75, 3.05) is 18.0 Å². The predicted octanol–water partition coefficient (Wildman–Crippen LogP) is 3.27. The summed E-state index contributed by atoms with van der Waals surface area (Å²) in [6, 6.07) is 16.5. The number of aryl methyl sites for hydroxylation is 1. The second kappa shape index (κ2) is 8.08. The van der Waals surface area contributed by atoms with Crippen LogP contribution in [-0.4, -0.2) is 28.5 Å². The molecule has 0 saturated carbocycles. The van der Waals surface area contributed by atoms with E-state index < -0.39 is 0 Å². The molecule has 4 rings (SSSR count). The molecule has 3 aromatic rings. The van der Waals surface area contributed by atoms with Crippen LogP contribution in [0.1, 0.15) is 27.9 Å². The third-order valence-electron chi connectivity index (χ3n) is 5.01. The summed E-state index contributed by atoms with van der Waals surface area (Å²) in [7, 11) is 0. The minimum absolute atomic E-state index is 0.0151. The highest BCUT2D eigenvalue weighted by Crippen LogP contribution is 2.28. The SMILES string of the molecule is O=C(NCCCn1ccnc1)c1ccc(CN2CCc3ccccc32)cc1. The van der Waals surface area contributed by atoms with E-state index in [1.807, 2.05) is 22.9 Å². The van der Waals surface area contributed by atoms with Crippen LogP contribution in [0.5, 0.6) is 0 Å². The fraction of sp³-hybridized carbons (Fsp3) is 0.273. The Morgan fingerprint density at radius 1 is 1.11 bits per heavy atom. The van der Waals surface area contributed by atoms with Crippen LogP contribution in [-0.2, 0) is 19.5 Å². The smallest absolute Gasteiger partial charge is 0.251 e. The number of hydrogen-bond acceptors (Lipinski definition) is 3. The molecule has 2 aromatic carbocycles. The molecule has 138 valence electrons. The van der Waals surface area contributed by atoms with Crippen molar-refractivity contribution in [3.63, 3.8) is 0 Å². The molecule has 1 aliphatic heterocycles. The van der Waals surface area contributed by atoms with Gasteiger partial charge in [0.05, 0.1) is 6.33 Å². The van der Waals surface area contributed by atoms with Gasteiger partial charge in [-0.05, 0) is 42.2 Å². The molecule has 0 radical (unpaired) electrons. The van der Waals surface area contributed by atoms with Crippen molar-refractivity contribution < 1.29 is 4.79 Å². The van der Waals surface area contributed by atoms with Gasteiger partial charge in [-0.3, -0.25) is 4.79 Å². The fourth-order valence-corrected chi connectivity index (χ4v) is 3.54. The highest BCUT2D eigenvalue weighted by atomic mass is 16.1. The molecule has 5 heteroatoms. The van der Waals surface area contributed by atoms with Gasteiger partial charge >= 0.3 is 0 Å². The topological polar surface area (TPSA) is 50.2 Å². The molecule has 1 aromatic heterocycles. The van der Waals surface area contributed by atoms with Gasteiger partial charge in [0.1, 0.15) is 0 Å². The molecule has 1 N–H and O–H groups in total. The average molecular weight is 360 g/mol. The van der Waals surface area contributed by atoms with Crippen molar-refractivity contribution in [2.45, 2.75) is 25.9 Å². The summed E-state index contributed by atoms with van der Waals surface area (Å²) in [5, 5.41) is 2.98. The zero-order valence-electron chi connectivity index (χ0n) is 15.3. The summed E-state index contributed by atoms with van der Waals surface area (Å²) in [5.41, 5.74) is 4.69. The maximum absolute atomic E-state index is 12.3. The molecule has 0 unspecified atom stereocenters. The summed E-state index contributed by atoms with van der Waals surface area (Å²) >= 11 is 0. The number of aromatic nitrogens is 2. The highest BCUT2D eigenvalue weighted by Gasteiger charge is 2.18. The minimum atomic E-state index is -0.0151. The number of hydrogen-bond donors (Lipinski definition) is 1. The number of para-hydroxylation sites is 1. The fourth-order valence-electron chi connectivity index (χ4n) is 3.54. The molecule has 2 heterocycles. The molecule has 5 nitrogen and oxygen atoms in total. The molecular weight excluding hydrogens is 336 g/mol. The summed E-state index contributed by atoms with van der Waals surface area (Å²) in [6.07, 6.45) is 7.48. The van der Waals surface area contributed by atoms with Crippen molar-refractivity contribution in [2.24, 2.45) is 0 Å². The van der Waals surface area contributed by atoms with Crippen LogP contribution in [0.3, 0.4) is 0 Å². The molecule has 0 spiro atoms. The zero-order chi connectivity index (χ0) is 18.5. The molecule has 0 aliphatic carbocycles. The maximum atomic E-state index is 12.3. The normalized spacial score (nSPS) is 12.8. The minimum Gasteiger partial charge on any atom is -0.367 e. The number of nitrogens with zero attached hydrogens (tertiary/aromatic N) is 3. The average Bonchev–Trinajstić information content (AvgIpc) is 3.36. The Morgan fingerprint density at radius 2 is 1.96 bits per heavy atom. The van der Waals surface area contributed by atoms with E-state index in [4.69, 9.17) is 0 Å². The second-order valence-electron chi connectivity index (χ2n) is 6.91. The van der Waals surface area contributed by atoms with Crippen molar-refractivity contribution >= 4 is 11.6 Å². The van der Waals surface area contributed by atoms with Crippen LogP contribution in [0, 0.1) is 0 Å². The zero-order valence-corrected chi connectivity index (χ0v) is 15.3. The summed E-state index contributed by atoms with van der Waals surface area (Å²) in [6.45, 7) is 3.45.